The molecule has 2 atom stereocenters. The molecule has 4 aliphatic rings. The smallest absolute Gasteiger partial charge is 0.404 e. The van der Waals surface area contributed by atoms with E-state index >= 15 is 4.39 Å². The number of alkyl halides is 3. The zero-order chi connectivity index (χ0) is 48.5. The third kappa shape index (κ3) is 13.9. The lowest BCUT2D eigenvalue weighted by Gasteiger charge is -2.45. The number of hydrogen-bond acceptors (Lipinski definition) is 12. The van der Waals surface area contributed by atoms with Gasteiger partial charge in [0.25, 0.3) is 11.4 Å². The number of nitrogens with one attached hydrogen (secondary N) is 3. The fourth-order valence-electron chi connectivity index (χ4n) is 9.28. The van der Waals surface area contributed by atoms with E-state index in [-0.39, 0.29) is 53.6 Å². The van der Waals surface area contributed by atoms with Crippen molar-refractivity contribution in [2.45, 2.75) is 126 Å². The molecule has 68 heavy (non-hydrogen) atoms. The number of rotatable bonds is 14. The van der Waals surface area contributed by atoms with Crippen LogP contribution in [-0.4, -0.2) is 86.5 Å². The van der Waals surface area contributed by atoms with Gasteiger partial charge in [-0.15, -0.1) is 0 Å². The molecule has 7 N–H and O–H groups in total. The number of likely N-dealkylation sites (tertiary alicyclic amines) is 1. The Hall–Kier alpha value is -5.32. The molecule has 13 nitrogen and oxygen atoms in total. The summed E-state index contributed by atoms with van der Waals surface area (Å²) in [7, 11) is 0. The maximum absolute atomic E-state index is 15.4. The van der Waals surface area contributed by atoms with E-state index in [1.807, 2.05) is 24.3 Å². The van der Waals surface area contributed by atoms with E-state index in [0.717, 1.165) is 88.0 Å². The van der Waals surface area contributed by atoms with Crippen LogP contribution in [0, 0.1) is 29.0 Å². The van der Waals surface area contributed by atoms with Crippen LogP contribution in [0.3, 0.4) is 0 Å². The third-order valence-electron chi connectivity index (χ3n) is 13.3. The quantitative estimate of drug-likeness (QED) is 0.0301. The summed E-state index contributed by atoms with van der Waals surface area (Å²) in [5.74, 6) is 4.92. The van der Waals surface area contributed by atoms with Crippen LogP contribution in [0.25, 0.3) is 5.57 Å². The molecule has 2 aliphatic carbocycles. The second-order valence-corrected chi connectivity index (χ2v) is 20.2. The number of nitrogens with two attached hydrogens (primary N) is 1. The molecule has 2 saturated carbocycles. The summed E-state index contributed by atoms with van der Waals surface area (Å²) in [4.78, 5) is 38.2. The predicted octanol–water partition coefficient (Wildman–Crippen LogP) is 8.16. The van der Waals surface area contributed by atoms with Crippen molar-refractivity contribution in [3.63, 3.8) is 0 Å². The number of allylic oxidation sites excluding steroid dienone is 2. The molecule has 1 spiro atoms. The summed E-state index contributed by atoms with van der Waals surface area (Å²) >= 11 is -1.45. The van der Waals surface area contributed by atoms with E-state index in [2.05, 4.69) is 59.3 Å². The molecule has 2 saturated heterocycles. The average Bonchev–Trinajstić information content (AvgIpc) is 3.30. The van der Waals surface area contributed by atoms with E-state index < -0.39 is 40.2 Å². The Labute approximate surface area is 398 Å². The molecular formula is C50H61F4N8O5S+. The Morgan fingerprint density at radius 3 is 2.41 bits per heavy atom. The molecule has 1 aromatic heterocycles. The molecule has 7 rings (SSSR count). The van der Waals surface area contributed by atoms with Gasteiger partial charge in [0.15, 0.2) is 5.82 Å². The molecule has 3 heterocycles. The summed E-state index contributed by atoms with van der Waals surface area (Å²) in [6.45, 7) is 5.35. The topological polar surface area (TPSA) is 187 Å². The number of aliphatic hydroxyl groups is 1. The minimum atomic E-state index is -4.82. The molecular weight excluding hydrogens is 901 g/mol. The van der Waals surface area contributed by atoms with Crippen LogP contribution in [0.15, 0.2) is 77.0 Å². The van der Waals surface area contributed by atoms with E-state index in [0.29, 0.717) is 41.9 Å². The van der Waals surface area contributed by atoms with Gasteiger partial charge in [0.05, 0.1) is 41.6 Å². The van der Waals surface area contributed by atoms with Gasteiger partial charge in [0.1, 0.15) is 12.2 Å². The summed E-state index contributed by atoms with van der Waals surface area (Å²) < 4.78 is 77.5. The molecule has 2 aromatic carbocycles. The highest BCUT2D eigenvalue weighted by atomic mass is 32.2. The summed E-state index contributed by atoms with van der Waals surface area (Å²) in [6.07, 6.45) is 13.9. The van der Waals surface area contributed by atoms with Gasteiger partial charge in [-0.2, -0.15) is 17.7 Å². The first-order valence-electron chi connectivity index (χ1n) is 23.3. The van der Waals surface area contributed by atoms with E-state index in [1.165, 1.54) is 44.9 Å². The van der Waals surface area contributed by atoms with Gasteiger partial charge >= 0.3 is 6.18 Å². The van der Waals surface area contributed by atoms with Gasteiger partial charge in [-0.05, 0) is 126 Å². The van der Waals surface area contributed by atoms with Crippen molar-refractivity contribution < 1.29 is 41.5 Å². The predicted molar refractivity (Wildman–Crippen MR) is 255 cm³/mol. The van der Waals surface area contributed by atoms with E-state index in [4.69, 9.17) is 10.5 Å². The molecule has 4 fully saturated rings. The molecule has 0 radical (unpaired) electrons. The Balaban J connectivity index is 0.806. The SMILES string of the molecule is CC(C)(O)CN=C/C(=C\N)c1nc(Nc2ccc([S+](O)NC3CCC(/C=C/N4CCC5(CCC(OCC#Cc6ccc(C7CCC(=O)NC7=O)cc6)CC5)CC4)CC3)cc2F)ncc1C(F)(F)F. The molecule has 0 bridgehead atoms. The number of piperidine rings is 2. The van der Waals surface area contributed by atoms with Crippen molar-refractivity contribution in [1.29, 1.82) is 0 Å². The lowest BCUT2D eigenvalue weighted by molar-refractivity contribution is -0.138. The first-order valence-corrected chi connectivity index (χ1v) is 24.5. The highest BCUT2D eigenvalue weighted by Crippen LogP contribution is 2.45. The Bertz CT molecular complexity index is 2390. The number of anilines is 2. The van der Waals surface area contributed by atoms with Crippen LogP contribution < -0.4 is 21.1 Å². The van der Waals surface area contributed by atoms with Crippen LogP contribution >= 0.6 is 0 Å². The molecule has 2 aliphatic heterocycles. The summed E-state index contributed by atoms with van der Waals surface area (Å²) in [6, 6.07) is 11.8. The largest absolute Gasteiger partial charge is 0.419 e. The number of imide groups is 1. The van der Waals surface area contributed by atoms with Crippen molar-refractivity contribution in [1.82, 2.24) is 24.9 Å². The molecule has 18 heteroatoms. The zero-order valence-corrected chi connectivity index (χ0v) is 39.3. The highest BCUT2D eigenvalue weighted by molar-refractivity contribution is 7.89. The van der Waals surface area contributed by atoms with Crippen molar-refractivity contribution in [2.24, 2.45) is 22.1 Å². The molecule has 2 amide bonds. The summed E-state index contributed by atoms with van der Waals surface area (Å²) in [5, 5.41) is 15.0. The monoisotopic (exact) mass is 961 g/mol. The Morgan fingerprint density at radius 1 is 1.04 bits per heavy atom. The number of halogens is 4. The van der Waals surface area contributed by atoms with Gasteiger partial charge < -0.3 is 25.8 Å². The number of carbonyl (C=O) groups is 2. The molecule has 3 aromatic rings. The first kappa shape index (κ1) is 50.6. The first-order chi connectivity index (χ1) is 32.5. The number of carbonyl (C=O) groups excluding carboxylic acids is 2. The minimum absolute atomic E-state index is 0.0523. The fourth-order valence-corrected chi connectivity index (χ4v) is 10.4. The molecule has 2 unspecified atom stereocenters. The lowest BCUT2D eigenvalue weighted by Crippen LogP contribution is -2.41. The second kappa shape index (κ2) is 22.4. The normalized spacial score (nSPS) is 22.3. The zero-order valence-electron chi connectivity index (χ0n) is 38.5. The van der Waals surface area contributed by atoms with E-state index in [1.54, 1.807) is 0 Å². The highest BCUT2D eigenvalue weighted by Gasteiger charge is 2.39. The number of hydrogen-bond donors (Lipinski definition) is 6. The standard InChI is InChI=1S/C50H60F4N8O5S/c1-48(2,65)32-56-30-36(29-55)45-41(50(52,53)54)31-57-47(60-45)58-43-15-13-39(28-42(43)51)68(66)61-37-11-7-34(8-12-37)19-24-62-25-22-49(23-26-62)20-17-38(18-21-49)67-27-3-4-33-5-9-35(10-6-33)40-14-16-44(63)59-46(40)64/h5-6,9-10,13,15,19,24,28-31,34,37-38,40,61,65-66H,7-8,11-12,14,16-18,20-23,25-27,32H2,1-2H3,(H3-,55,56,57,58,59,60,63,64)/p+1/b24-19+. The number of amides is 2. The van der Waals surface area contributed by atoms with Gasteiger partial charge in [-0.3, -0.25) is 19.9 Å². The van der Waals surface area contributed by atoms with Crippen molar-refractivity contribution >= 4 is 46.6 Å². The number of nitrogens with zero attached hydrogens (tertiary/aromatic N) is 4. The van der Waals surface area contributed by atoms with E-state index in [9.17, 15) is 32.4 Å². The van der Waals surface area contributed by atoms with Crippen LogP contribution in [0.2, 0.25) is 0 Å². The van der Waals surface area contributed by atoms with Crippen LogP contribution in [0.5, 0.6) is 0 Å². The third-order valence-corrected chi connectivity index (χ3v) is 14.6. The van der Waals surface area contributed by atoms with Crippen LogP contribution in [0.1, 0.15) is 119 Å². The number of aliphatic imine (C=N–C) groups is 1. The molecule has 364 valence electrons. The van der Waals surface area contributed by atoms with Crippen molar-refractivity contribution in [3.8, 4) is 11.8 Å². The van der Waals surface area contributed by atoms with Gasteiger partial charge in [-0.25, -0.2) is 14.4 Å². The van der Waals surface area contributed by atoms with Gasteiger partial charge in [0, 0.05) is 61.4 Å². The minimum Gasteiger partial charge on any atom is -0.404 e. The number of aromatic nitrogens is 2. The fraction of sp³-hybridized carbons (Fsp3) is 0.500. The van der Waals surface area contributed by atoms with Gasteiger partial charge in [-0.1, -0.05) is 34.8 Å². The maximum atomic E-state index is 15.4. The number of benzene rings is 2. The number of ether oxygens (including phenoxy) is 1. The maximum Gasteiger partial charge on any atom is 0.419 e. The summed E-state index contributed by atoms with van der Waals surface area (Å²) in [5.41, 5.74) is 4.56. The van der Waals surface area contributed by atoms with Gasteiger partial charge in [0.2, 0.25) is 22.7 Å². The van der Waals surface area contributed by atoms with Crippen molar-refractivity contribution in [2.75, 3.05) is 31.6 Å². The Morgan fingerprint density at radius 2 is 1.76 bits per heavy atom. The van der Waals surface area contributed by atoms with Crippen LogP contribution in [0.4, 0.5) is 29.2 Å². The lowest BCUT2D eigenvalue weighted by atomic mass is 9.67. The Kier molecular flexibility index (Phi) is 16.7. The second-order valence-electron chi connectivity index (χ2n) is 19.0. The van der Waals surface area contributed by atoms with Crippen molar-refractivity contribution in [3.05, 3.63) is 95.3 Å². The average molecular weight is 962 g/mol. The van der Waals surface area contributed by atoms with Crippen LogP contribution in [-0.2, 0) is 31.9 Å².